The van der Waals surface area contributed by atoms with Gasteiger partial charge in [0, 0.05) is 23.3 Å². The van der Waals surface area contributed by atoms with Crippen LogP contribution in [0.25, 0.3) is 11.0 Å². The van der Waals surface area contributed by atoms with E-state index < -0.39 is 23.6 Å². The number of fused-ring (bicyclic) bond motifs is 1. The van der Waals surface area contributed by atoms with Crippen molar-refractivity contribution in [2.75, 3.05) is 4.90 Å². The summed E-state index contributed by atoms with van der Waals surface area (Å²) in [6.07, 6.45) is -4.55. The predicted molar refractivity (Wildman–Crippen MR) is 116 cm³/mol. The molecule has 0 atom stereocenters. The molecule has 4 aromatic rings. The number of thiazole rings is 1. The van der Waals surface area contributed by atoms with Gasteiger partial charge in [0.05, 0.1) is 16.9 Å². The number of carbonyl (C=O) groups excluding carboxylic acids is 2. The third-order valence-corrected chi connectivity index (χ3v) is 5.73. The molecule has 4 rings (SSSR count). The zero-order valence-corrected chi connectivity index (χ0v) is 18.3. The first-order valence-electron chi connectivity index (χ1n) is 9.73. The Morgan fingerprint density at radius 1 is 1.15 bits per heavy atom. The molecular formula is C23H17F3N2O4S. The number of rotatable bonds is 5. The Bertz CT molecular complexity index is 1340. The van der Waals surface area contributed by atoms with Gasteiger partial charge in [-0.3, -0.25) is 9.69 Å². The lowest BCUT2D eigenvalue weighted by Gasteiger charge is -2.19. The molecule has 0 aliphatic rings. The molecule has 0 fully saturated rings. The lowest BCUT2D eigenvalue weighted by Crippen LogP contribution is -2.23. The fourth-order valence-corrected chi connectivity index (χ4v) is 4.16. The molecule has 0 saturated heterocycles. The van der Waals surface area contributed by atoms with Gasteiger partial charge in [-0.25, -0.2) is 9.78 Å². The van der Waals surface area contributed by atoms with Crippen molar-refractivity contribution in [3.63, 3.8) is 0 Å². The van der Waals surface area contributed by atoms with Crippen LogP contribution in [-0.4, -0.2) is 16.9 Å². The number of aromatic nitrogens is 1. The number of ether oxygens (including phenoxy) is 1. The molecule has 0 N–H and O–H groups in total. The molecule has 170 valence electrons. The molecule has 0 spiro atoms. The van der Waals surface area contributed by atoms with Gasteiger partial charge in [-0.05, 0) is 31.2 Å². The largest absolute Gasteiger partial charge is 0.453 e. The van der Waals surface area contributed by atoms with Crippen LogP contribution in [0.1, 0.15) is 34.3 Å². The molecule has 0 saturated carbocycles. The van der Waals surface area contributed by atoms with Gasteiger partial charge in [0.15, 0.2) is 5.13 Å². The van der Waals surface area contributed by atoms with Crippen LogP contribution in [0, 0.1) is 6.92 Å². The van der Waals surface area contributed by atoms with Crippen molar-refractivity contribution in [1.29, 1.82) is 0 Å². The first-order chi connectivity index (χ1) is 15.6. The Morgan fingerprint density at radius 3 is 2.61 bits per heavy atom. The number of alkyl halides is 3. The third-order valence-electron chi connectivity index (χ3n) is 4.86. The maximum atomic E-state index is 13.1. The van der Waals surface area contributed by atoms with Crippen LogP contribution in [0.4, 0.5) is 24.0 Å². The number of benzene rings is 2. The zero-order valence-electron chi connectivity index (χ0n) is 17.5. The van der Waals surface area contributed by atoms with Crippen molar-refractivity contribution in [1.82, 2.24) is 4.98 Å². The lowest BCUT2D eigenvalue weighted by molar-refractivity contribution is -0.137. The van der Waals surface area contributed by atoms with E-state index in [0.717, 1.165) is 33.8 Å². The number of nitrogens with zero attached hydrogens (tertiary/aromatic N) is 2. The van der Waals surface area contributed by atoms with Crippen LogP contribution >= 0.6 is 11.3 Å². The highest BCUT2D eigenvalue weighted by molar-refractivity contribution is 7.14. The first kappa shape index (κ1) is 22.5. The highest BCUT2D eigenvalue weighted by atomic mass is 32.1. The van der Waals surface area contributed by atoms with Gasteiger partial charge in [0.1, 0.15) is 12.2 Å². The number of para-hydroxylation sites is 1. The first-order valence-corrected chi connectivity index (χ1v) is 10.6. The summed E-state index contributed by atoms with van der Waals surface area (Å²) in [6, 6.07) is 11.6. The van der Waals surface area contributed by atoms with E-state index in [1.807, 2.05) is 12.1 Å². The van der Waals surface area contributed by atoms with Gasteiger partial charge in [0.25, 0.3) is 0 Å². The number of hydrogen-bond acceptors (Lipinski definition) is 6. The molecule has 2 aromatic carbocycles. The fraction of sp³-hybridized carbons (Fsp3) is 0.174. The third kappa shape index (κ3) is 4.61. The molecule has 0 aliphatic carbocycles. The minimum Gasteiger partial charge on any atom is -0.453 e. The van der Waals surface area contributed by atoms with Crippen molar-refractivity contribution in [3.8, 4) is 0 Å². The summed E-state index contributed by atoms with van der Waals surface area (Å²) in [5, 5.41) is 2.53. The van der Waals surface area contributed by atoms with Crippen LogP contribution in [0.5, 0.6) is 0 Å². The number of aryl methyl sites for hydroxylation is 1. The van der Waals surface area contributed by atoms with Gasteiger partial charge < -0.3 is 9.15 Å². The monoisotopic (exact) mass is 474 g/mol. The second kappa shape index (κ2) is 8.70. The zero-order chi connectivity index (χ0) is 23.8. The summed E-state index contributed by atoms with van der Waals surface area (Å²) in [4.78, 5) is 30.0. The van der Waals surface area contributed by atoms with Crippen LogP contribution in [-0.2, 0) is 22.3 Å². The topological polar surface area (TPSA) is 72.6 Å². The standard InChI is InChI=1S/C23H17F3N2O4S/c1-13-18-8-3-4-9-19(18)32-20(13)21(30)31-11-16-12-33-22(27-16)28(14(2)29)17-7-5-6-15(10-17)23(24,25)26/h3-10,12H,11H2,1-2H3. The number of carbonyl (C=O) groups is 2. The number of hydrogen-bond donors (Lipinski definition) is 0. The van der Waals surface area contributed by atoms with E-state index >= 15 is 0 Å². The van der Waals surface area contributed by atoms with E-state index in [9.17, 15) is 22.8 Å². The molecule has 2 heterocycles. The second-order valence-corrected chi connectivity index (χ2v) is 7.99. The fourth-order valence-electron chi connectivity index (χ4n) is 3.29. The Labute approximate surface area is 190 Å². The SMILES string of the molecule is CC(=O)N(c1cccc(C(F)(F)F)c1)c1nc(COC(=O)c2oc3ccccc3c2C)cs1. The Morgan fingerprint density at radius 2 is 1.91 bits per heavy atom. The van der Waals surface area contributed by atoms with E-state index in [-0.39, 0.29) is 23.2 Å². The average molecular weight is 474 g/mol. The Kier molecular flexibility index (Phi) is 5.94. The van der Waals surface area contributed by atoms with Gasteiger partial charge in [0.2, 0.25) is 11.7 Å². The summed E-state index contributed by atoms with van der Waals surface area (Å²) >= 11 is 1.05. The highest BCUT2D eigenvalue weighted by Gasteiger charge is 2.31. The van der Waals surface area contributed by atoms with Crippen molar-refractivity contribution in [2.24, 2.45) is 0 Å². The number of esters is 1. The van der Waals surface area contributed by atoms with E-state index in [2.05, 4.69) is 4.98 Å². The molecule has 6 nitrogen and oxygen atoms in total. The summed E-state index contributed by atoms with van der Waals surface area (Å²) in [6.45, 7) is 2.79. The van der Waals surface area contributed by atoms with Gasteiger partial charge in [-0.15, -0.1) is 11.3 Å². The van der Waals surface area contributed by atoms with Crippen LogP contribution in [0.3, 0.4) is 0 Å². The van der Waals surface area contributed by atoms with Gasteiger partial charge in [-0.1, -0.05) is 24.3 Å². The predicted octanol–water partition coefficient (Wildman–Crippen LogP) is 6.26. The average Bonchev–Trinajstić information content (AvgIpc) is 3.36. The van der Waals surface area contributed by atoms with Gasteiger partial charge in [-0.2, -0.15) is 13.2 Å². The highest BCUT2D eigenvalue weighted by Crippen LogP contribution is 2.35. The summed E-state index contributed by atoms with van der Waals surface area (Å²) < 4.78 is 50.1. The molecular weight excluding hydrogens is 457 g/mol. The van der Waals surface area contributed by atoms with E-state index in [4.69, 9.17) is 9.15 Å². The molecule has 10 heteroatoms. The molecule has 0 bridgehead atoms. The van der Waals surface area contributed by atoms with Crippen molar-refractivity contribution in [3.05, 3.63) is 76.5 Å². The maximum Gasteiger partial charge on any atom is 0.416 e. The van der Waals surface area contributed by atoms with E-state index in [0.29, 0.717) is 16.8 Å². The van der Waals surface area contributed by atoms with Crippen LogP contribution in [0.15, 0.2) is 58.3 Å². The summed E-state index contributed by atoms with van der Waals surface area (Å²) in [5.74, 6) is -1.09. The molecule has 0 radical (unpaired) electrons. The second-order valence-electron chi connectivity index (χ2n) is 7.15. The minimum atomic E-state index is -4.55. The minimum absolute atomic E-state index is 0.0353. The van der Waals surface area contributed by atoms with Crippen LogP contribution < -0.4 is 4.90 Å². The van der Waals surface area contributed by atoms with Crippen molar-refractivity contribution >= 4 is 45.0 Å². The van der Waals surface area contributed by atoms with Crippen LogP contribution in [0.2, 0.25) is 0 Å². The normalized spacial score (nSPS) is 11.5. The van der Waals surface area contributed by atoms with Gasteiger partial charge >= 0.3 is 12.1 Å². The Balaban J connectivity index is 1.52. The van der Waals surface area contributed by atoms with Crippen molar-refractivity contribution in [2.45, 2.75) is 26.6 Å². The smallest absolute Gasteiger partial charge is 0.416 e. The lowest BCUT2D eigenvalue weighted by atomic mass is 10.1. The molecule has 0 unspecified atom stereocenters. The number of halogens is 3. The number of amides is 1. The Hall–Kier alpha value is -3.66. The quantitative estimate of drug-likeness (QED) is 0.319. The molecule has 2 aromatic heterocycles. The summed E-state index contributed by atoms with van der Waals surface area (Å²) in [7, 11) is 0. The summed E-state index contributed by atoms with van der Waals surface area (Å²) in [5.41, 5.74) is 0.722. The molecule has 0 aliphatic heterocycles. The maximum absolute atomic E-state index is 13.1. The number of furan rings is 1. The molecule has 33 heavy (non-hydrogen) atoms. The van der Waals surface area contributed by atoms with E-state index in [1.54, 1.807) is 24.4 Å². The van der Waals surface area contributed by atoms with Crippen molar-refractivity contribution < 1.29 is 31.9 Å². The molecule has 1 amide bonds. The number of anilines is 2. The van der Waals surface area contributed by atoms with E-state index in [1.165, 1.54) is 19.1 Å².